The predicted molar refractivity (Wildman–Crippen MR) is 68.9 cm³/mol. The van der Waals surface area contributed by atoms with Crippen LogP contribution in [0.25, 0.3) is 0 Å². The van der Waals surface area contributed by atoms with Crippen molar-refractivity contribution in [2.45, 2.75) is 46.6 Å². The van der Waals surface area contributed by atoms with E-state index in [1.54, 1.807) is 12.1 Å². The number of benzene rings is 1. The van der Waals surface area contributed by atoms with Crippen LogP contribution in [0.15, 0.2) is 24.3 Å². The second-order valence-corrected chi connectivity index (χ2v) is 5.66. The topological polar surface area (TPSA) is 21.3 Å². The van der Waals surface area contributed by atoms with Crippen LogP contribution in [0.3, 0.4) is 0 Å². The summed E-state index contributed by atoms with van der Waals surface area (Å²) in [6.07, 6.45) is -4.64. The molecule has 0 heterocycles. The number of rotatable bonds is 4. The van der Waals surface area contributed by atoms with Gasteiger partial charge in [-0.3, -0.25) is 0 Å². The van der Waals surface area contributed by atoms with E-state index in [1.807, 2.05) is 0 Å². The minimum absolute atomic E-state index is 0.138. The summed E-state index contributed by atoms with van der Waals surface area (Å²) in [5.41, 5.74) is 1.06. The van der Waals surface area contributed by atoms with Crippen molar-refractivity contribution in [2.24, 2.45) is 5.41 Å². The van der Waals surface area contributed by atoms with Crippen molar-refractivity contribution >= 4 is 0 Å². The SMILES string of the molecule is CC(NCc1ccc(OC(F)(F)F)cc1)C(C)(C)C. The second kappa shape index (κ2) is 5.82. The van der Waals surface area contributed by atoms with Crippen LogP contribution >= 0.6 is 0 Å². The third-order valence-electron chi connectivity index (χ3n) is 3.07. The van der Waals surface area contributed by atoms with Crippen molar-refractivity contribution in [3.8, 4) is 5.75 Å². The van der Waals surface area contributed by atoms with Gasteiger partial charge in [-0.15, -0.1) is 13.2 Å². The lowest BCUT2D eigenvalue weighted by Crippen LogP contribution is -2.37. The lowest BCUT2D eigenvalue weighted by molar-refractivity contribution is -0.274. The van der Waals surface area contributed by atoms with Crippen LogP contribution in [-0.2, 0) is 6.54 Å². The molecule has 0 spiro atoms. The normalized spacial score (nSPS) is 14.3. The molecule has 0 aliphatic carbocycles. The zero-order valence-corrected chi connectivity index (χ0v) is 11.6. The summed E-state index contributed by atoms with van der Waals surface area (Å²) in [4.78, 5) is 0. The second-order valence-electron chi connectivity index (χ2n) is 5.66. The first-order valence-corrected chi connectivity index (χ1v) is 6.16. The van der Waals surface area contributed by atoms with E-state index in [-0.39, 0.29) is 11.2 Å². The standard InChI is InChI=1S/C14H20F3NO/c1-10(13(2,3)4)18-9-11-5-7-12(8-6-11)19-14(15,16)17/h5-8,10,18H,9H2,1-4H3. The van der Waals surface area contributed by atoms with Gasteiger partial charge in [-0.25, -0.2) is 0 Å². The van der Waals surface area contributed by atoms with Gasteiger partial charge in [0.05, 0.1) is 0 Å². The summed E-state index contributed by atoms with van der Waals surface area (Å²) in [5.74, 6) is -0.194. The molecule has 2 nitrogen and oxygen atoms in total. The van der Waals surface area contributed by atoms with E-state index in [2.05, 4.69) is 37.7 Å². The summed E-state index contributed by atoms with van der Waals surface area (Å²) in [5, 5.41) is 3.34. The molecule has 19 heavy (non-hydrogen) atoms. The Morgan fingerprint density at radius 2 is 1.63 bits per heavy atom. The Balaban J connectivity index is 2.54. The van der Waals surface area contributed by atoms with Gasteiger partial charge in [0.25, 0.3) is 0 Å². The van der Waals surface area contributed by atoms with Gasteiger partial charge in [0.1, 0.15) is 5.75 Å². The fraction of sp³-hybridized carbons (Fsp3) is 0.571. The van der Waals surface area contributed by atoms with Gasteiger partial charge in [-0.1, -0.05) is 32.9 Å². The van der Waals surface area contributed by atoms with Crippen molar-refractivity contribution in [2.75, 3.05) is 0 Å². The van der Waals surface area contributed by atoms with Gasteiger partial charge in [0.2, 0.25) is 0 Å². The zero-order chi connectivity index (χ0) is 14.7. The quantitative estimate of drug-likeness (QED) is 0.893. The summed E-state index contributed by atoms with van der Waals surface area (Å²) < 4.78 is 39.8. The van der Waals surface area contributed by atoms with Crippen LogP contribution in [0.2, 0.25) is 0 Å². The summed E-state index contributed by atoms with van der Waals surface area (Å²) >= 11 is 0. The third-order valence-corrected chi connectivity index (χ3v) is 3.07. The van der Waals surface area contributed by atoms with E-state index in [1.165, 1.54) is 12.1 Å². The van der Waals surface area contributed by atoms with Gasteiger partial charge in [-0.05, 0) is 30.0 Å². The highest BCUT2D eigenvalue weighted by Crippen LogP contribution is 2.23. The molecule has 0 radical (unpaired) electrons. The van der Waals surface area contributed by atoms with Crippen LogP contribution in [0.1, 0.15) is 33.3 Å². The van der Waals surface area contributed by atoms with Gasteiger partial charge < -0.3 is 10.1 Å². The van der Waals surface area contributed by atoms with Crippen molar-refractivity contribution in [3.63, 3.8) is 0 Å². The molecule has 108 valence electrons. The molecule has 0 saturated heterocycles. The Labute approximate surface area is 112 Å². The number of ether oxygens (including phenoxy) is 1. The maximum Gasteiger partial charge on any atom is 0.573 e. The van der Waals surface area contributed by atoms with E-state index in [0.717, 1.165) is 5.56 Å². The van der Waals surface area contributed by atoms with E-state index >= 15 is 0 Å². The highest BCUT2D eigenvalue weighted by Gasteiger charge is 2.30. The molecule has 0 saturated carbocycles. The Hall–Kier alpha value is -1.23. The molecule has 1 aromatic carbocycles. The molecule has 5 heteroatoms. The fourth-order valence-corrected chi connectivity index (χ4v) is 1.39. The molecule has 1 N–H and O–H groups in total. The van der Waals surface area contributed by atoms with Crippen molar-refractivity contribution < 1.29 is 17.9 Å². The van der Waals surface area contributed by atoms with Crippen molar-refractivity contribution in [1.82, 2.24) is 5.32 Å². The first kappa shape index (κ1) is 15.8. The summed E-state index contributed by atoms with van der Waals surface area (Å²) in [6, 6.07) is 6.21. The molecule has 1 aromatic rings. The Morgan fingerprint density at radius 3 is 2.05 bits per heavy atom. The molecule has 1 rings (SSSR count). The Kier molecular flexibility index (Phi) is 4.85. The van der Waals surface area contributed by atoms with Crippen LogP contribution < -0.4 is 10.1 Å². The average Bonchev–Trinajstić information content (AvgIpc) is 2.24. The predicted octanol–water partition coefficient (Wildman–Crippen LogP) is 4.11. The molecule has 0 fully saturated rings. The van der Waals surface area contributed by atoms with Crippen LogP contribution in [0.5, 0.6) is 5.75 Å². The van der Waals surface area contributed by atoms with Crippen LogP contribution in [0.4, 0.5) is 13.2 Å². The first-order chi connectivity index (χ1) is 8.58. The van der Waals surface area contributed by atoms with E-state index in [0.29, 0.717) is 12.6 Å². The zero-order valence-electron chi connectivity index (χ0n) is 11.6. The van der Waals surface area contributed by atoms with Crippen LogP contribution in [0, 0.1) is 5.41 Å². The van der Waals surface area contributed by atoms with Crippen LogP contribution in [-0.4, -0.2) is 12.4 Å². The van der Waals surface area contributed by atoms with Gasteiger partial charge in [0, 0.05) is 12.6 Å². The number of halogens is 3. The Bertz CT molecular complexity index is 393. The first-order valence-electron chi connectivity index (χ1n) is 6.16. The molecule has 0 aromatic heterocycles. The molecule has 1 atom stereocenters. The van der Waals surface area contributed by atoms with Gasteiger partial charge in [0.15, 0.2) is 0 Å². The molecule has 0 bridgehead atoms. The molecule has 0 aliphatic heterocycles. The lowest BCUT2D eigenvalue weighted by atomic mass is 9.88. The minimum Gasteiger partial charge on any atom is -0.406 e. The number of alkyl halides is 3. The monoisotopic (exact) mass is 275 g/mol. The summed E-state index contributed by atoms with van der Waals surface area (Å²) in [7, 11) is 0. The van der Waals surface area contributed by atoms with Crippen molar-refractivity contribution in [3.05, 3.63) is 29.8 Å². The number of hydrogen-bond donors (Lipinski definition) is 1. The lowest BCUT2D eigenvalue weighted by Gasteiger charge is -2.28. The summed E-state index contributed by atoms with van der Waals surface area (Å²) in [6.45, 7) is 9.09. The largest absolute Gasteiger partial charge is 0.573 e. The molecular weight excluding hydrogens is 255 g/mol. The third kappa shape index (κ3) is 5.96. The molecule has 0 aliphatic rings. The molecule has 1 unspecified atom stereocenters. The molecular formula is C14H20F3NO. The molecule has 0 amide bonds. The Morgan fingerprint density at radius 1 is 1.11 bits per heavy atom. The van der Waals surface area contributed by atoms with Crippen molar-refractivity contribution in [1.29, 1.82) is 0 Å². The average molecular weight is 275 g/mol. The maximum atomic E-state index is 12.0. The van der Waals surface area contributed by atoms with E-state index in [4.69, 9.17) is 0 Å². The number of nitrogens with one attached hydrogen (secondary N) is 1. The highest BCUT2D eigenvalue weighted by atomic mass is 19.4. The minimum atomic E-state index is -4.64. The fourth-order valence-electron chi connectivity index (χ4n) is 1.39. The van der Waals surface area contributed by atoms with Gasteiger partial charge in [-0.2, -0.15) is 0 Å². The van der Waals surface area contributed by atoms with Gasteiger partial charge >= 0.3 is 6.36 Å². The smallest absolute Gasteiger partial charge is 0.406 e. The maximum absolute atomic E-state index is 12.0. The van der Waals surface area contributed by atoms with E-state index < -0.39 is 6.36 Å². The highest BCUT2D eigenvalue weighted by molar-refractivity contribution is 5.27. The van der Waals surface area contributed by atoms with E-state index in [9.17, 15) is 13.2 Å². The number of hydrogen-bond acceptors (Lipinski definition) is 2.